The number of hydrogen-bond acceptors (Lipinski definition) is 6. The summed E-state index contributed by atoms with van der Waals surface area (Å²) in [6, 6.07) is 4.61. The van der Waals surface area contributed by atoms with Gasteiger partial charge in [-0.05, 0) is 12.1 Å². The van der Waals surface area contributed by atoms with Crippen LogP contribution in [-0.2, 0) is 9.59 Å². The number of nitrogens with zero attached hydrogens (tertiary/aromatic N) is 4. The molecular formula is C15H16N6O4. The quantitative estimate of drug-likeness (QED) is 0.642. The second-order valence-corrected chi connectivity index (χ2v) is 5.95. The lowest BCUT2D eigenvalue weighted by molar-refractivity contribution is -0.384. The number of anilines is 2. The van der Waals surface area contributed by atoms with E-state index in [-0.39, 0.29) is 29.9 Å². The summed E-state index contributed by atoms with van der Waals surface area (Å²) in [7, 11) is 0. The number of carbonyl (C=O) groups excluding carboxylic acids is 2. The molecule has 2 amide bonds. The zero-order valence-electron chi connectivity index (χ0n) is 13.6. The Hall–Kier alpha value is -3.30. The van der Waals surface area contributed by atoms with Gasteiger partial charge in [0.1, 0.15) is 6.04 Å². The maximum atomic E-state index is 12.6. The van der Waals surface area contributed by atoms with Gasteiger partial charge in [-0.15, -0.1) is 0 Å². The van der Waals surface area contributed by atoms with E-state index >= 15 is 0 Å². The van der Waals surface area contributed by atoms with Gasteiger partial charge < -0.3 is 5.32 Å². The Kier molecular flexibility index (Phi) is 4.17. The Labute approximate surface area is 142 Å². The van der Waals surface area contributed by atoms with Gasteiger partial charge in [-0.2, -0.15) is 10.1 Å². The van der Waals surface area contributed by atoms with E-state index in [1.807, 2.05) is 13.8 Å². The second-order valence-electron chi connectivity index (χ2n) is 5.95. The number of rotatable bonds is 4. The van der Waals surface area contributed by atoms with E-state index in [0.29, 0.717) is 11.5 Å². The lowest BCUT2D eigenvalue weighted by Crippen LogP contribution is -2.36. The molecule has 1 aromatic heterocycles. The van der Waals surface area contributed by atoms with Crippen molar-refractivity contribution in [1.29, 1.82) is 0 Å². The number of nitrogens with one attached hydrogen (secondary N) is 2. The minimum absolute atomic E-state index is 0.0494. The third-order valence-electron chi connectivity index (χ3n) is 3.74. The molecule has 0 aliphatic carbocycles. The van der Waals surface area contributed by atoms with Crippen molar-refractivity contribution in [2.45, 2.75) is 32.2 Å². The van der Waals surface area contributed by atoms with Crippen molar-refractivity contribution in [3.8, 4) is 0 Å². The maximum absolute atomic E-state index is 12.6. The molecule has 0 spiro atoms. The van der Waals surface area contributed by atoms with E-state index in [9.17, 15) is 19.7 Å². The predicted molar refractivity (Wildman–Crippen MR) is 88.1 cm³/mol. The zero-order chi connectivity index (χ0) is 18.1. The van der Waals surface area contributed by atoms with Crippen molar-refractivity contribution in [2.75, 3.05) is 10.6 Å². The highest BCUT2D eigenvalue weighted by atomic mass is 16.6. The van der Waals surface area contributed by atoms with Crippen molar-refractivity contribution >= 4 is 29.1 Å². The molecule has 2 N–H and O–H groups in total. The normalized spacial score (nSPS) is 16.3. The van der Waals surface area contributed by atoms with Gasteiger partial charge in [0.15, 0.2) is 5.82 Å². The lowest BCUT2D eigenvalue weighted by Gasteiger charge is -2.22. The summed E-state index contributed by atoms with van der Waals surface area (Å²) < 4.78 is 1.40. The van der Waals surface area contributed by atoms with Gasteiger partial charge >= 0.3 is 0 Å². The first kappa shape index (κ1) is 16.6. The Morgan fingerprint density at radius 3 is 2.68 bits per heavy atom. The van der Waals surface area contributed by atoms with Crippen LogP contribution in [0.15, 0.2) is 24.3 Å². The summed E-state index contributed by atoms with van der Waals surface area (Å²) >= 11 is 0. The van der Waals surface area contributed by atoms with Gasteiger partial charge in [-0.1, -0.05) is 13.8 Å². The van der Waals surface area contributed by atoms with Crippen LogP contribution in [0.4, 0.5) is 17.3 Å². The van der Waals surface area contributed by atoms with Crippen molar-refractivity contribution in [3.63, 3.8) is 0 Å². The molecule has 130 valence electrons. The van der Waals surface area contributed by atoms with Crippen LogP contribution in [0.1, 0.15) is 38.1 Å². The first-order valence-electron chi connectivity index (χ1n) is 7.66. The summed E-state index contributed by atoms with van der Waals surface area (Å²) in [5.74, 6) is 0.0618. The molecule has 0 bridgehead atoms. The topological polar surface area (TPSA) is 132 Å². The number of benzene rings is 1. The van der Waals surface area contributed by atoms with Gasteiger partial charge in [0.2, 0.25) is 17.8 Å². The number of nitro groups is 1. The predicted octanol–water partition coefficient (Wildman–Crippen LogP) is 1.83. The highest BCUT2D eigenvalue weighted by Gasteiger charge is 2.33. The molecule has 2 heterocycles. The highest BCUT2D eigenvalue weighted by Crippen LogP contribution is 2.26. The number of non-ortho nitro benzene ring substituents is 1. The average molecular weight is 344 g/mol. The number of amides is 2. The minimum atomic E-state index is -0.834. The smallest absolute Gasteiger partial charge is 0.269 e. The van der Waals surface area contributed by atoms with Crippen LogP contribution in [0.3, 0.4) is 0 Å². The van der Waals surface area contributed by atoms with Gasteiger partial charge in [-0.3, -0.25) is 25.0 Å². The van der Waals surface area contributed by atoms with E-state index in [0.717, 1.165) is 0 Å². The van der Waals surface area contributed by atoms with Gasteiger partial charge in [-0.25, -0.2) is 4.68 Å². The number of hydrogen-bond donors (Lipinski definition) is 2. The molecule has 1 aromatic carbocycles. The van der Waals surface area contributed by atoms with Gasteiger partial charge in [0.25, 0.3) is 5.69 Å². The Morgan fingerprint density at radius 1 is 1.40 bits per heavy atom. The molecule has 1 aliphatic rings. The second kappa shape index (κ2) is 6.30. The highest BCUT2D eigenvalue weighted by molar-refractivity contribution is 6.00. The molecule has 10 heteroatoms. The van der Waals surface area contributed by atoms with Crippen molar-refractivity contribution in [2.24, 2.45) is 0 Å². The lowest BCUT2D eigenvalue weighted by atomic mass is 10.1. The Balaban J connectivity index is 1.82. The van der Waals surface area contributed by atoms with E-state index in [4.69, 9.17) is 0 Å². The molecule has 1 aliphatic heterocycles. The summed E-state index contributed by atoms with van der Waals surface area (Å²) in [5, 5.41) is 20.2. The first-order chi connectivity index (χ1) is 11.8. The van der Waals surface area contributed by atoms with Gasteiger partial charge in [0, 0.05) is 23.7 Å². The first-order valence-corrected chi connectivity index (χ1v) is 7.66. The fraction of sp³-hybridized carbons (Fsp3) is 0.333. The van der Waals surface area contributed by atoms with Crippen molar-refractivity contribution in [3.05, 3.63) is 40.2 Å². The SMILES string of the molecule is CC(C)c1nc2n(n1)C(C(=O)Nc1ccc([N+](=O)[O-])cc1)CC(=O)N2. The third-order valence-corrected chi connectivity index (χ3v) is 3.74. The molecule has 1 unspecified atom stereocenters. The number of carbonyl (C=O) groups is 2. The number of aromatic nitrogens is 3. The summed E-state index contributed by atoms with van der Waals surface area (Å²) in [4.78, 5) is 38.8. The summed E-state index contributed by atoms with van der Waals surface area (Å²) in [6.45, 7) is 3.82. The fourth-order valence-electron chi connectivity index (χ4n) is 2.42. The van der Waals surface area contributed by atoms with Crippen LogP contribution < -0.4 is 10.6 Å². The summed E-state index contributed by atoms with van der Waals surface area (Å²) in [6.07, 6.45) is -0.0628. The molecular weight excluding hydrogens is 328 g/mol. The molecule has 25 heavy (non-hydrogen) atoms. The van der Waals surface area contributed by atoms with Crippen LogP contribution in [0, 0.1) is 10.1 Å². The zero-order valence-corrected chi connectivity index (χ0v) is 13.6. The van der Waals surface area contributed by atoms with Crippen LogP contribution in [-0.4, -0.2) is 31.5 Å². The van der Waals surface area contributed by atoms with Crippen molar-refractivity contribution < 1.29 is 14.5 Å². The van der Waals surface area contributed by atoms with Gasteiger partial charge in [0.05, 0.1) is 11.3 Å². The molecule has 0 saturated carbocycles. The van der Waals surface area contributed by atoms with E-state index in [1.165, 1.54) is 28.9 Å². The molecule has 0 saturated heterocycles. The van der Waals surface area contributed by atoms with Crippen LogP contribution >= 0.6 is 0 Å². The average Bonchev–Trinajstić information content (AvgIpc) is 2.98. The third kappa shape index (κ3) is 3.32. The molecule has 0 radical (unpaired) electrons. The van der Waals surface area contributed by atoms with Crippen LogP contribution in [0.2, 0.25) is 0 Å². The number of nitro benzene ring substituents is 1. The molecule has 2 aromatic rings. The largest absolute Gasteiger partial charge is 0.324 e. The monoisotopic (exact) mass is 344 g/mol. The standard InChI is InChI=1S/C15H16N6O4/c1-8(2)13-18-15-17-12(22)7-11(20(15)19-13)14(23)16-9-3-5-10(6-4-9)21(24)25/h3-6,8,11H,7H2,1-2H3,(H,16,23)(H,17,18,19,22). The minimum Gasteiger partial charge on any atom is -0.324 e. The molecule has 0 fully saturated rings. The van der Waals surface area contributed by atoms with Crippen molar-refractivity contribution in [1.82, 2.24) is 14.8 Å². The van der Waals surface area contributed by atoms with E-state index < -0.39 is 16.9 Å². The Bertz CT molecular complexity index is 842. The molecule has 1 atom stereocenters. The number of fused-ring (bicyclic) bond motifs is 1. The van der Waals surface area contributed by atoms with E-state index in [2.05, 4.69) is 20.7 Å². The maximum Gasteiger partial charge on any atom is 0.269 e. The molecule has 3 rings (SSSR count). The van der Waals surface area contributed by atoms with E-state index in [1.54, 1.807) is 0 Å². The fourth-order valence-corrected chi connectivity index (χ4v) is 2.42. The molecule has 10 nitrogen and oxygen atoms in total. The van der Waals surface area contributed by atoms with Crippen LogP contribution in [0.5, 0.6) is 0 Å². The summed E-state index contributed by atoms with van der Waals surface area (Å²) in [5.41, 5.74) is 0.322. The Morgan fingerprint density at radius 2 is 2.08 bits per heavy atom. The van der Waals surface area contributed by atoms with Crippen LogP contribution in [0.25, 0.3) is 0 Å².